The van der Waals surface area contributed by atoms with E-state index in [4.69, 9.17) is 0 Å². The second-order valence-electron chi connectivity index (χ2n) is 7.99. The van der Waals surface area contributed by atoms with Crippen LogP contribution in [0.3, 0.4) is 0 Å². The fourth-order valence-corrected chi connectivity index (χ4v) is 3.58. The molecule has 2 aromatic heterocycles. The number of aromatic nitrogens is 3. The van der Waals surface area contributed by atoms with Gasteiger partial charge in [-0.3, -0.25) is 4.98 Å². The van der Waals surface area contributed by atoms with Crippen LogP contribution in [0, 0.1) is 0 Å². The summed E-state index contributed by atoms with van der Waals surface area (Å²) in [6, 6.07) is 0.549. The summed E-state index contributed by atoms with van der Waals surface area (Å²) in [4.78, 5) is 11.4. The average molecular weight is 448 g/mol. The number of aliphatic hydroxyl groups is 1. The molecule has 2 aromatic rings. The van der Waals surface area contributed by atoms with Crippen LogP contribution in [-0.4, -0.2) is 31.7 Å². The van der Waals surface area contributed by atoms with Gasteiger partial charge in [0, 0.05) is 31.1 Å². The Morgan fingerprint density at radius 1 is 1.03 bits per heavy atom. The minimum absolute atomic E-state index is 0.00437. The molecule has 0 atom stereocenters. The van der Waals surface area contributed by atoms with E-state index in [0.717, 1.165) is 18.5 Å². The van der Waals surface area contributed by atoms with Gasteiger partial charge in [-0.2, -0.15) is 26.3 Å². The first-order valence-corrected chi connectivity index (χ1v) is 9.77. The molecule has 1 fully saturated rings. The van der Waals surface area contributed by atoms with Gasteiger partial charge in [-0.25, -0.2) is 9.97 Å². The molecule has 0 unspecified atom stereocenters. The summed E-state index contributed by atoms with van der Waals surface area (Å²) in [5.74, 6) is -0.401. The van der Waals surface area contributed by atoms with Crippen LogP contribution in [0.5, 0.6) is 0 Å². The van der Waals surface area contributed by atoms with Crippen molar-refractivity contribution in [1.29, 1.82) is 0 Å². The molecule has 1 aliphatic carbocycles. The third kappa shape index (κ3) is 6.05. The van der Waals surface area contributed by atoms with Gasteiger partial charge in [0.1, 0.15) is 17.2 Å². The standard InChI is InChI=1S/C20H22F6N4O/c1-18(31)7-4-13(5-8-18)29-17-15(20(24,25)26)11-28-16(30-17)3-2-12-10-27-9-6-14(12)19(21,22)23/h6,9-11,13,31H,2-5,7-8H2,1H3,(H,28,29,30). The van der Waals surface area contributed by atoms with E-state index >= 15 is 0 Å². The lowest BCUT2D eigenvalue weighted by Gasteiger charge is -2.34. The largest absolute Gasteiger partial charge is 0.421 e. The van der Waals surface area contributed by atoms with Gasteiger partial charge in [0.05, 0.1) is 11.2 Å². The van der Waals surface area contributed by atoms with Crippen LogP contribution in [0.4, 0.5) is 32.2 Å². The Labute approximate surface area is 174 Å². The Bertz CT molecular complexity index is 903. The molecule has 1 saturated carbocycles. The Kier molecular flexibility index (Phi) is 6.45. The van der Waals surface area contributed by atoms with E-state index in [-0.39, 0.29) is 30.3 Å². The van der Waals surface area contributed by atoms with Crippen LogP contribution in [0.25, 0.3) is 0 Å². The smallest absolute Gasteiger partial charge is 0.390 e. The maximum absolute atomic E-state index is 13.4. The van der Waals surface area contributed by atoms with Crippen LogP contribution in [0.1, 0.15) is 55.1 Å². The molecular formula is C20H22F6N4O. The monoisotopic (exact) mass is 448 g/mol. The van der Waals surface area contributed by atoms with Crippen LogP contribution < -0.4 is 5.32 Å². The summed E-state index contributed by atoms with van der Waals surface area (Å²) in [6.07, 6.45) is -4.89. The summed E-state index contributed by atoms with van der Waals surface area (Å²) >= 11 is 0. The van der Waals surface area contributed by atoms with E-state index in [2.05, 4.69) is 20.3 Å². The molecule has 2 N–H and O–H groups in total. The van der Waals surface area contributed by atoms with Crippen LogP contribution >= 0.6 is 0 Å². The third-order valence-electron chi connectivity index (χ3n) is 5.37. The molecule has 0 aromatic carbocycles. The lowest BCUT2D eigenvalue weighted by molar-refractivity contribution is -0.138. The van der Waals surface area contributed by atoms with E-state index in [1.165, 1.54) is 0 Å². The van der Waals surface area contributed by atoms with Gasteiger partial charge in [0.15, 0.2) is 0 Å². The van der Waals surface area contributed by atoms with Gasteiger partial charge in [-0.05, 0) is 50.7 Å². The Hall–Kier alpha value is -2.43. The maximum Gasteiger partial charge on any atom is 0.421 e. The summed E-state index contributed by atoms with van der Waals surface area (Å²) < 4.78 is 79.6. The van der Waals surface area contributed by atoms with Crippen molar-refractivity contribution >= 4 is 5.82 Å². The second-order valence-corrected chi connectivity index (χ2v) is 7.99. The molecule has 31 heavy (non-hydrogen) atoms. The molecule has 0 radical (unpaired) electrons. The van der Waals surface area contributed by atoms with E-state index in [1.54, 1.807) is 6.92 Å². The van der Waals surface area contributed by atoms with Crippen LogP contribution in [-0.2, 0) is 25.2 Å². The number of hydrogen-bond acceptors (Lipinski definition) is 5. The van der Waals surface area contributed by atoms with Crippen molar-refractivity contribution in [1.82, 2.24) is 15.0 Å². The number of anilines is 1. The van der Waals surface area contributed by atoms with Gasteiger partial charge in [0.2, 0.25) is 0 Å². The molecule has 0 saturated heterocycles. The summed E-state index contributed by atoms with van der Waals surface area (Å²) in [6.45, 7) is 1.68. The maximum atomic E-state index is 13.4. The fraction of sp³-hybridized carbons (Fsp3) is 0.550. The predicted molar refractivity (Wildman–Crippen MR) is 100 cm³/mol. The SMILES string of the molecule is CC1(O)CCC(Nc2nc(CCc3cnccc3C(F)(F)F)ncc2C(F)(F)F)CC1. The van der Waals surface area contributed by atoms with Crippen LogP contribution in [0.15, 0.2) is 24.7 Å². The molecule has 170 valence electrons. The third-order valence-corrected chi connectivity index (χ3v) is 5.37. The predicted octanol–water partition coefficient (Wildman–Crippen LogP) is 4.80. The Morgan fingerprint density at radius 3 is 2.29 bits per heavy atom. The highest BCUT2D eigenvalue weighted by atomic mass is 19.4. The lowest BCUT2D eigenvalue weighted by atomic mass is 9.83. The number of pyridine rings is 1. The molecular weight excluding hydrogens is 426 g/mol. The van der Waals surface area contributed by atoms with Gasteiger partial charge in [0.25, 0.3) is 0 Å². The summed E-state index contributed by atoms with van der Waals surface area (Å²) in [5, 5.41) is 12.8. The highest BCUT2D eigenvalue weighted by Gasteiger charge is 2.37. The molecule has 3 rings (SSSR count). The van der Waals surface area contributed by atoms with Crippen LogP contribution in [0.2, 0.25) is 0 Å². The molecule has 1 aliphatic rings. The lowest BCUT2D eigenvalue weighted by Crippen LogP contribution is -2.36. The van der Waals surface area contributed by atoms with Gasteiger partial charge >= 0.3 is 12.4 Å². The number of alkyl halides is 6. The van der Waals surface area contributed by atoms with Crippen molar-refractivity contribution in [3.63, 3.8) is 0 Å². The Morgan fingerprint density at radius 2 is 1.68 bits per heavy atom. The van der Waals surface area contributed by atoms with Crippen molar-refractivity contribution in [2.24, 2.45) is 0 Å². The van der Waals surface area contributed by atoms with Gasteiger partial charge < -0.3 is 10.4 Å². The first-order valence-electron chi connectivity index (χ1n) is 9.77. The minimum Gasteiger partial charge on any atom is -0.390 e. The molecule has 5 nitrogen and oxygen atoms in total. The highest BCUT2D eigenvalue weighted by molar-refractivity contribution is 5.46. The second kappa shape index (κ2) is 8.60. The van der Waals surface area contributed by atoms with Gasteiger partial charge in [-0.15, -0.1) is 0 Å². The van der Waals surface area contributed by atoms with Crippen molar-refractivity contribution in [2.75, 3.05) is 5.32 Å². The van der Waals surface area contributed by atoms with Crippen molar-refractivity contribution < 1.29 is 31.4 Å². The molecule has 0 aliphatic heterocycles. The van der Waals surface area contributed by atoms with E-state index in [9.17, 15) is 31.4 Å². The first kappa shape index (κ1) is 23.2. The van der Waals surface area contributed by atoms with E-state index in [0.29, 0.717) is 31.9 Å². The van der Waals surface area contributed by atoms with E-state index < -0.39 is 34.9 Å². The number of hydrogen-bond donors (Lipinski definition) is 2. The molecule has 11 heteroatoms. The molecule has 0 amide bonds. The molecule has 0 spiro atoms. The van der Waals surface area contributed by atoms with Gasteiger partial charge in [-0.1, -0.05) is 0 Å². The number of nitrogens with zero attached hydrogens (tertiary/aromatic N) is 3. The number of nitrogens with one attached hydrogen (secondary N) is 1. The number of rotatable bonds is 5. The quantitative estimate of drug-likeness (QED) is 0.643. The number of halogens is 6. The molecule has 2 heterocycles. The fourth-order valence-electron chi connectivity index (χ4n) is 3.58. The van der Waals surface area contributed by atoms with Crippen molar-refractivity contribution in [3.8, 4) is 0 Å². The molecule has 0 bridgehead atoms. The minimum atomic E-state index is -4.69. The highest BCUT2D eigenvalue weighted by Crippen LogP contribution is 2.36. The first-order chi connectivity index (χ1) is 14.4. The van der Waals surface area contributed by atoms with Crippen molar-refractivity contribution in [2.45, 2.75) is 69.4 Å². The average Bonchev–Trinajstić information content (AvgIpc) is 2.67. The van der Waals surface area contributed by atoms with Crippen molar-refractivity contribution in [3.05, 3.63) is 47.2 Å². The number of aryl methyl sites for hydroxylation is 2. The zero-order chi connectivity index (χ0) is 22.9. The topological polar surface area (TPSA) is 70.9 Å². The zero-order valence-electron chi connectivity index (χ0n) is 16.7. The zero-order valence-corrected chi connectivity index (χ0v) is 16.7. The summed E-state index contributed by atoms with van der Waals surface area (Å²) in [7, 11) is 0. The summed E-state index contributed by atoms with van der Waals surface area (Å²) in [5.41, 5.74) is -2.81. The Balaban J connectivity index is 1.79. The normalized spacial score (nSPS) is 22.4. The van der Waals surface area contributed by atoms with E-state index in [1.807, 2.05) is 0 Å².